The molecule has 5 nitrogen and oxygen atoms in total. The minimum Gasteiger partial charge on any atom is -0.407 e. The number of nitrogens with one attached hydrogen (secondary N) is 1. The molecule has 1 aliphatic carbocycles. The highest BCUT2D eigenvalue weighted by Gasteiger charge is 2.24. The number of anilines is 1. The van der Waals surface area contributed by atoms with Crippen molar-refractivity contribution >= 4 is 23.7 Å². The van der Waals surface area contributed by atoms with Gasteiger partial charge in [0.15, 0.2) is 0 Å². The van der Waals surface area contributed by atoms with Gasteiger partial charge >= 0.3 is 6.01 Å². The predicted molar refractivity (Wildman–Crippen MR) is 85.9 cm³/mol. The van der Waals surface area contributed by atoms with E-state index in [1.165, 1.54) is 4.90 Å². The minimum absolute atomic E-state index is 0.00276. The fourth-order valence-corrected chi connectivity index (χ4v) is 3.10. The lowest BCUT2D eigenvalue weighted by molar-refractivity contribution is -0.119. The molecule has 1 saturated carbocycles. The molecule has 1 aromatic heterocycles. The maximum Gasteiger partial charge on any atom is 0.322 e. The number of hydrogen-bond acceptors (Lipinski definition) is 5. The summed E-state index contributed by atoms with van der Waals surface area (Å²) in [5, 5.41) is 10.6. The van der Waals surface area contributed by atoms with Gasteiger partial charge in [0.25, 0.3) is 0 Å². The third-order valence-electron chi connectivity index (χ3n) is 3.94. The van der Waals surface area contributed by atoms with E-state index in [0.717, 1.165) is 31.2 Å². The molecule has 1 fully saturated rings. The molecule has 6 heteroatoms. The van der Waals surface area contributed by atoms with Gasteiger partial charge < -0.3 is 4.42 Å². The zero-order valence-corrected chi connectivity index (χ0v) is 13.4. The Morgan fingerprint density at radius 1 is 1.27 bits per heavy atom. The number of thioether (sulfide) groups is 1. The lowest BCUT2D eigenvalue weighted by Gasteiger charge is -2.06. The van der Waals surface area contributed by atoms with Crippen molar-refractivity contribution in [1.82, 2.24) is 10.2 Å². The number of carbonyl (C=O) groups excluding carboxylic acids is 1. The molecule has 1 aromatic carbocycles. The summed E-state index contributed by atoms with van der Waals surface area (Å²) >= 11 is 1.71. The second-order valence-corrected chi connectivity index (χ2v) is 6.38. The van der Waals surface area contributed by atoms with Gasteiger partial charge in [-0.2, -0.15) is 0 Å². The fraction of sp³-hybridized carbons (Fsp3) is 0.438. The van der Waals surface area contributed by atoms with Crippen LogP contribution in [0.3, 0.4) is 0 Å². The van der Waals surface area contributed by atoms with E-state index in [2.05, 4.69) is 27.6 Å². The van der Waals surface area contributed by atoms with E-state index in [1.807, 2.05) is 18.4 Å². The summed E-state index contributed by atoms with van der Waals surface area (Å²) in [6.07, 6.45) is 6.77. The SMILES string of the molecule is CSc1ccc(Cc2nnc(NC(=O)C3CCCC3)o2)cc1. The second kappa shape index (κ2) is 6.96. The Morgan fingerprint density at radius 2 is 2.00 bits per heavy atom. The average Bonchev–Trinajstić information content (AvgIpc) is 3.20. The van der Waals surface area contributed by atoms with Crippen molar-refractivity contribution in [1.29, 1.82) is 0 Å². The normalized spacial score (nSPS) is 15.1. The number of carbonyl (C=O) groups is 1. The topological polar surface area (TPSA) is 68.0 Å². The highest BCUT2D eigenvalue weighted by atomic mass is 32.2. The zero-order valence-electron chi connectivity index (χ0n) is 12.5. The van der Waals surface area contributed by atoms with Crippen LogP contribution in [0.15, 0.2) is 33.6 Å². The smallest absolute Gasteiger partial charge is 0.322 e. The Bertz CT molecular complexity index is 633. The summed E-state index contributed by atoms with van der Waals surface area (Å²) in [5.41, 5.74) is 1.11. The van der Waals surface area contributed by atoms with Crippen LogP contribution in [0.2, 0.25) is 0 Å². The van der Waals surface area contributed by atoms with Gasteiger partial charge in [-0.25, -0.2) is 0 Å². The molecule has 22 heavy (non-hydrogen) atoms. The molecule has 3 rings (SSSR count). The second-order valence-electron chi connectivity index (χ2n) is 5.50. The van der Waals surface area contributed by atoms with Gasteiger partial charge in [-0.3, -0.25) is 10.1 Å². The third-order valence-corrected chi connectivity index (χ3v) is 4.68. The van der Waals surface area contributed by atoms with Gasteiger partial charge in [0.1, 0.15) is 0 Å². The number of benzene rings is 1. The average molecular weight is 317 g/mol. The third kappa shape index (κ3) is 3.68. The largest absolute Gasteiger partial charge is 0.407 e. The Balaban J connectivity index is 1.59. The van der Waals surface area contributed by atoms with E-state index in [-0.39, 0.29) is 17.8 Å². The van der Waals surface area contributed by atoms with E-state index in [1.54, 1.807) is 11.8 Å². The Morgan fingerprint density at radius 3 is 2.68 bits per heavy atom. The summed E-state index contributed by atoms with van der Waals surface area (Å²) in [6, 6.07) is 8.44. The van der Waals surface area contributed by atoms with E-state index in [9.17, 15) is 4.79 Å². The summed E-state index contributed by atoms with van der Waals surface area (Å²) in [6.45, 7) is 0. The number of amides is 1. The van der Waals surface area contributed by atoms with Crippen LogP contribution in [0.4, 0.5) is 6.01 Å². The highest BCUT2D eigenvalue weighted by molar-refractivity contribution is 7.98. The van der Waals surface area contributed by atoms with Gasteiger partial charge in [-0.1, -0.05) is 30.1 Å². The Kier molecular flexibility index (Phi) is 4.77. The van der Waals surface area contributed by atoms with Gasteiger partial charge in [0, 0.05) is 10.8 Å². The predicted octanol–water partition coefficient (Wildman–Crippen LogP) is 3.51. The van der Waals surface area contributed by atoms with Crippen molar-refractivity contribution in [3.05, 3.63) is 35.7 Å². The van der Waals surface area contributed by atoms with Crippen LogP contribution in [0.1, 0.15) is 37.1 Å². The standard InChI is InChI=1S/C16H19N3O2S/c1-22-13-8-6-11(7-9-13)10-14-18-19-16(21-14)17-15(20)12-4-2-3-5-12/h6-9,12H,2-5,10H2,1H3,(H,17,19,20). The maximum atomic E-state index is 12.0. The molecular weight excluding hydrogens is 298 g/mol. The maximum absolute atomic E-state index is 12.0. The van der Waals surface area contributed by atoms with Crippen LogP contribution in [0.5, 0.6) is 0 Å². The van der Waals surface area contributed by atoms with Crippen molar-refractivity contribution in [3.8, 4) is 0 Å². The van der Waals surface area contributed by atoms with E-state index in [4.69, 9.17) is 4.42 Å². The van der Waals surface area contributed by atoms with Gasteiger partial charge in [0.05, 0.1) is 6.42 Å². The van der Waals surface area contributed by atoms with Crippen LogP contribution >= 0.6 is 11.8 Å². The Hall–Kier alpha value is -1.82. The lowest BCUT2D eigenvalue weighted by Crippen LogP contribution is -2.20. The first kappa shape index (κ1) is 15.1. The molecule has 0 spiro atoms. The number of nitrogens with zero attached hydrogens (tertiary/aromatic N) is 2. The zero-order chi connectivity index (χ0) is 15.4. The number of hydrogen-bond donors (Lipinski definition) is 1. The molecule has 1 heterocycles. The first-order valence-electron chi connectivity index (χ1n) is 7.51. The molecule has 116 valence electrons. The van der Waals surface area contributed by atoms with Crippen LogP contribution in [-0.4, -0.2) is 22.4 Å². The molecule has 1 N–H and O–H groups in total. The molecule has 0 atom stereocenters. The molecule has 0 unspecified atom stereocenters. The summed E-state index contributed by atoms with van der Waals surface area (Å²) in [4.78, 5) is 13.2. The van der Waals surface area contributed by atoms with Crippen LogP contribution in [0.25, 0.3) is 0 Å². The van der Waals surface area contributed by atoms with Gasteiger partial charge in [-0.15, -0.1) is 16.9 Å². The van der Waals surface area contributed by atoms with Crippen LogP contribution in [0, 0.1) is 5.92 Å². The van der Waals surface area contributed by atoms with E-state index >= 15 is 0 Å². The molecule has 1 aliphatic rings. The molecule has 1 amide bonds. The molecule has 0 aliphatic heterocycles. The molecular formula is C16H19N3O2S. The van der Waals surface area contributed by atoms with Crippen molar-refractivity contribution in [2.24, 2.45) is 5.92 Å². The van der Waals surface area contributed by atoms with Crippen LogP contribution < -0.4 is 5.32 Å². The van der Waals surface area contributed by atoms with Crippen molar-refractivity contribution < 1.29 is 9.21 Å². The first-order valence-corrected chi connectivity index (χ1v) is 8.73. The van der Waals surface area contributed by atoms with Crippen molar-refractivity contribution in [2.45, 2.75) is 37.0 Å². The first-order chi connectivity index (χ1) is 10.7. The Labute approximate surface area is 133 Å². The molecule has 0 radical (unpaired) electrons. The summed E-state index contributed by atoms with van der Waals surface area (Å²) in [7, 11) is 0. The quantitative estimate of drug-likeness (QED) is 0.855. The highest BCUT2D eigenvalue weighted by Crippen LogP contribution is 2.26. The van der Waals surface area contributed by atoms with Crippen LogP contribution in [-0.2, 0) is 11.2 Å². The number of aromatic nitrogens is 2. The summed E-state index contributed by atoms with van der Waals surface area (Å²) < 4.78 is 5.51. The molecule has 0 bridgehead atoms. The van der Waals surface area contributed by atoms with Crippen molar-refractivity contribution in [2.75, 3.05) is 11.6 Å². The number of rotatable bonds is 5. The van der Waals surface area contributed by atoms with E-state index < -0.39 is 0 Å². The monoisotopic (exact) mass is 317 g/mol. The summed E-state index contributed by atoms with van der Waals surface area (Å²) in [5.74, 6) is 0.602. The fourth-order valence-electron chi connectivity index (χ4n) is 2.69. The van der Waals surface area contributed by atoms with Gasteiger partial charge in [0.2, 0.25) is 11.8 Å². The van der Waals surface area contributed by atoms with Gasteiger partial charge in [-0.05, 0) is 36.8 Å². The molecule has 0 saturated heterocycles. The van der Waals surface area contributed by atoms with E-state index in [0.29, 0.717) is 12.3 Å². The lowest BCUT2D eigenvalue weighted by atomic mass is 10.1. The van der Waals surface area contributed by atoms with Crippen molar-refractivity contribution in [3.63, 3.8) is 0 Å². The minimum atomic E-state index is -0.00276. The molecule has 2 aromatic rings.